The number of hydrogen-bond acceptors (Lipinski definition) is 4. The third kappa shape index (κ3) is 2.90. The Hall–Kier alpha value is -1.94. The molecule has 1 unspecified atom stereocenters. The van der Waals surface area contributed by atoms with Crippen molar-refractivity contribution in [2.45, 2.75) is 25.9 Å². The van der Waals surface area contributed by atoms with Crippen molar-refractivity contribution in [2.24, 2.45) is 0 Å². The molecule has 0 amide bonds. The van der Waals surface area contributed by atoms with Gasteiger partial charge in [-0.1, -0.05) is 18.2 Å². The Kier molecular flexibility index (Phi) is 4.15. The summed E-state index contributed by atoms with van der Waals surface area (Å²) in [6, 6.07) is 9.83. The maximum Gasteiger partial charge on any atom is 0.153 e. The van der Waals surface area contributed by atoms with E-state index in [4.69, 9.17) is 9.72 Å². The van der Waals surface area contributed by atoms with Crippen LogP contribution in [0.25, 0.3) is 10.9 Å². The van der Waals surface area contributed by atoms with E-state index in [1.165, 1.54) is 0 Å². The van der Waals surface area contributed by atoms with Crippen molar-refractivity contribution in [1.82, 2.24) is 4.98 Å². The van der Waals surface area contributed by atoms with Gasteiger partial charge in [0.1, 0.15) is 5.82 Å². The van der Waals surface area contributed by atoms with Gasteiger partial charge in [0.05, 0.1) is 17.2 Å². The zero-order chi connectivity index (χ0) is 14.7. The maximum atomic E-state index is 11.4. The number of rotatable bonds is 4. The van der Waals surface area contributed by atoms with Crippen molar-refractivity contribution in [3.63, 3.8) is 0 Å². The van der Waals surface area contributed by atoms with Crippen LogP contribution < -0.4 is 4.90 Å². The van der Waals surface area contributed by atoms with Gasteiger partial charge in [0.2, 0.25) is 0 Å². The number of carbonyl (C=O) groups is 1. The largest absolute Gasteiger partial charge is 0.377 e. The minimum atomic E-state index is 0.233. The van der Waals surface area contributed by atoms with Crippen LogP contribution in [-0.4, -0.2) is 37.1 Å². The van der Waals surface area contributed by atoms with Crippen molar-refractivity contribution in [2.75, 3.05) is 24.6 Å². The van der Waals surface area contributed by atoms with Gasteiger partial charge in [0.15, 0.2) is 6.29 Å². The number of ether oxygens (including phenoxy) is 1. The van der Waals surface area contributed by atoms with E-state index in [9.17, 15) is 4.79 Å². The minimum absolute atomic E-state index is 0.233. The molecule has 1 aliphatic heterocycles. The summed E-state index contributed by atoms with van der Waals surface area (Å²) in [5, 5.41) is 1.00. The van der Waals surface area contributed by atoms with Crippen LogP contribution >= 0.6 is 0 Å². The number of para-hydroxylation sites is 1. The van der Waals surface area contributed by atoms with E-state index in [0.29, 0.717) is 5.56 Å². The zero-order valence-electron chi connectivity index (χ0n) is 12.3. The SMILES string of the molecule is CCOC1CCCN(c2nc3ccccc3cc2C=O)C1. The Bertz CT molecular complexity index is 640. The minimum Gasteiger partial charge on any atom is -0.377 e. The van der Waals surface area contributed by atoms with E-state index in [0.717, 1.165) is 55.5 Å². The molecule has 3 rings (SSSR count). The number of benzene rings is 1. The second kappa shape index (κ2) is 6.22. The zero-order valence-corrected chi connectivity index (χ0v) is 12.3. The van der Waals surface area contributed by atoms with Crippen molar-refractivity contribution in [3.05, 3.63) is 35.9 Å². The third-order valence-corrected chi connectivity index (χ3v) is 3.94. The van der Waals surface area contributed by atoms with Gasteiger partial charge in [-0.25, -0.2) is 4.98 Å². The molecule has 1 saturated heterocycles. The second-order valence-corrected chi connectivity index (χ2v) is 5.38. The summed E-state index contributed by atoms with van der Waals surface area (Å²) in [5.41, 5.74) is 1.59. The van der Waals surface area contributed by atoms with Gasteiger partial charge in [-0.2, -0.15) is 0 Å². The van der Waals surface area contributed by atoms with Crippen LogP contribution in [0, 0.1) is 0 Å². The van der Waals surface area contributed by atoms with Crippen LogP contribution in [-0.2, 0) is 4.74 Å². The van der Waals surface area contributed by atoms with E-state index in [-0.39, 0.29) is 6.10 Å². The molecule has 2 heterocycles. The number of pyridine rings is 1. The molecule has 110 valence electrons. The van der Waals surface area contributed by atoms with Crippen LogP contribution in [0.1, 0.15) is 30.1 Å². The standard InChI is InChI=1S/C17H20N2O2/c1-2-21-15-7-5-9-19(11-15)17-14(12-20)10-13-6-3-4-8-16(13)18-17/h3-4,6,8,10,12,15H,2,5,7,9,11H2,1H3. The predicted octanol–water partition coefficient (Wildman–Crippen LogP) is 3.05. The Morgan fingerprint density at radius 2 is 2.29 bits per heavy atom. The molecule has 0 spiro atoms. The Morgan fingerprint density at radius 1 is 1.43 bits per heavy atom. The first-order valence-corrected chi connectivity index (χ1v) is 7.53. The van der Waals surface area contributed by atoms with Gasteiger partial charge in [-0.05, 0) is 31.9 Å². The molecule has 0 N–H and O–H groups in total. The lowest BCUT2D eigenvalue weighted by Crippen LogP contribution is -2.40. The molecule has 1 fully saturated rings. The molecular weight excluding hydrogens is 264 g/mol. The summed E-state index contributed by atoms with van der Waals surface area (Å²) in [7, 11) is 0. The van der Waals surface area contributed by atoms with Gasteiger partial charge in [-0.15, -0.1) is 0 Å². The topological polar surface area (TPSA) is 42.4 Å². The van der Waals surface area contributed by atoms with E-state index in [1.54, 1.807) is 0 Å². The monoisotopic (exact) mass is 284 g/mol. The lowest BCUT2D eigenvalue weighted by atomic mass is 10.1. The number of piperidine rings is 1. The van der Waals surface area contributed by atoms with Gasteiger partial charge in [-0.3, -0.25) is 4.79 Å². The van der Waals surface area contributed by atoms with E-state index >= 15 is 0 Å². The number of aromatic nitrogens is 1. The molecule has 2 aromatic rings. The number of hydrogen-bond donors (Lipinski definition) is 0. The molecular formula is C17H20N2O2. The van der Waals surface area contributed by atoms with Crippen molar-refractivity contribution < 1.29 is 9.53 Å². The highest BCUT2D eigenvalue weighted by Crippen LogP contribution is 2.25. The number of anilines is 1. The molecule has 0 saturated carbocycles. The molecule has 4 heteroatoms. The van der Waals surface area contributed by atoms with Gasteiger partial charge in [0.25, 0.3) is 0 Å². The van der Waals surface area contributed by atoms with Crippen molar-refractivity contribution in [3.8, 4) is 0 Å². The molecule has 1 aliphatic rings. The van der Waals surface area contributed by atoms with E-state index < -0.39 is 0 Å². The Balaban J connectivity index is 1.96. The number of fused-ring (bicyclic) bond motifs is 1. The van der Waals surface area contributed by atoms with Crippen molar-refractivity contribution in [1.29, 1.82) is 0 Å². The smallest absolute Gasteiger partial charge is 0.153 e. The average molecular weight is 284 g/mol. The summed E-state index contributed by atoms with van der Waals surface area (Å²) < 4.78 is 5.74. The van der Waals surface area contributed by atoms with E-state index in [1.807, 2.05) is 37.3 Å². The third-order valence-electron chi connectivity index (χ3n) is 3.94. The first-order valence-electron chi connectivity index (χ1n) is 7.53. The summed E-state index contributed by atoms with van der Waals surface area (Å²) in [5.74, 6) is 0.785. The van der Waals surface area contributed by atoms with Gasteiger partial charge < -0.3 is 9.64 Å². The number of nitrogens with zero attached hydrogens (tertiary/aromatic N) is 2. The van der Waals surface area contributed by atoms with Crippen LogP contribution in [0.15, 0.2) is 30.3 Å². The predicted molar refractivity (Wildman–Crippen MR) is 84.0 cm³/mol. The lowest BCUT2D eigenvalue weighted by molar-refractivity contribution is 0.0525. The summed E-state index contributed by atoms with van der Waals surface area (Å²) in [4.78, 5) is 18.3. The maximum absolute atomic E-state index is 11.4. The molecule has 0 bridgehead atoms. The molecule has 1 aromatic carbocycles. The van der Waals surface area contributed by atoms with Crippen LogP contribution in [0.3, 0.4) is 0 Å². The fraction of sp³-hybridized carbons (Fsp3) is 0.412. The van der Waals surface area contributed by atoms with Gasteiger partial charge in [0, 0.05) is 25.1 Å². The first kappa shape index (κ1) is 14.0. The quantitative estimate of drug-likeness (QED) is 0.809. The summed E-state index contributed by atoms with van der Waals surface area (Å²) in [6.45, 7) is 4.48. The fourth-order valence-electron chi connectivity index (χ4n) is 2.96. The Labute approximate surface area is 124 Å². The van der Waals surface area contributed by atoms with Crippen LogP contribution in [0.2, 0.25) is 0 Å². The first-order chi connectivity index (χ1) is 10.3. The summed E-state index contributed by atoms with van der Waals surface area (Å²) >= 11 is 0. The highest BCUT2D eigenvalue weighted by Gasteiger charge is 2.23. The summed E-state index contributed by atoms with van der Waals surface area (Å²) in [6.07, 6.45) is 3.28. The van der Waals surface area contributed by atoms with Crippen LogP contribution in [0.4, 0.5) is 5.82 Å². The molecule has 4 nitrogen and oxygen atoms in total. The lowest BCUT2D eigenvalue weighted by Gasteiger charge is -2.34. The highest BCUT2D eigenvalue weighted by atomic mass is 16.5. The second-order valence-electron chi connectivity index (χ2n) is 5.38. The molecule has 0 aliphatic carbocycles. The normalized spacial score (nSPS) is 18.9. The number of carbonyl (C=O) groups excluding carboxylic acids is 1. The highest BCUT2D eigenvalue weighted by molar-refractivity contribution is 5.91. The Morgan fingerprint density at radius 3 is 3.10 bits per heavy atom. The number of aldehydes is 1. The average Bonchev–Trinajstić information content (AvgIpc) is 2.54. The van der Waals surface area contributed by atoms with E-state index in [2.05, 4.69) is 4.90 Å². The molecule has 0 radical (unpaired) electrons. The molecule has 1 aromatic heterocycles. The van der Waals surface area contributed by atoms with Gasteiger partial charge >= 0.3 is 0 Å². The molecule has 1 atom stereocenters. The molecule has 21 heavy (non-hydrogen) atoms. The van der Waals surface area contributed by atoms with Crippen molar-refractivity contribution >= 4 is 23.0 Å². The fourth-order valence-corrected chi connectivity index (χ4v) is 2.96. The van der Waals surface area contributed by atoms with Crippen LogP contribution in [0.5, 0.6) is 0 Å².